The molecular weight excluding hydrogens is 230 g/mol. The molecule has 0 bridgehead atoms. The van der Waals surface area contributed by atoms with Gasteiger partial charge in [0.15, 0.2) is 0 Å². The molecule has 0 amide bonds. The Labute approximate surface area is 106 Å². The SMILES string of the molecule is COCCNCc1cn(Cc2cccnc2)nn1. The molecule has 2 aromatic rings. The summed E-state index contributed by atoms with van der Waals surface area (Å²) in [6.45, 7) is 2.91. The average molecular weight is 247 g/mol. The first kappa shape index (κ1) is 12.7. The first-order valence-electron chi connectivity index (χ1n) is 5.86. The Balaban J connectivity index is 1.83. The second kappa shape index (κ2) is 6.83. The lowest BCUT2D eigenvalue weighted by Crippen LogP contribution is -2.18. The maximum atomic E-state index is 4.95. The third kappa shape index (κ3) is 3.90. The molecule has 0 spiro atoms. The standard InChI is InChI=1S/C12H17N5O/c1-18-6-5-14-8-12-10-17(16-15-12)9-11-3-2-4-13-7-11/h2-4,7,10,14H,5-6,8-9H2,1H3. The predicted molar refractivity (Wildman–Crippen MR) is 66.9 cm³/mol. The number of pyridine rings is 1. The zero-order valence-corrected chi connectivity index (χ0v) is 10.4. The van der Waals surface area contributed by atoms with E-state index in [2.05, 4.69) is 20.6 Å². The zero-order chi connectivity index (χ0) is 12.6. The third-order valence-corrected chi connectivity index (χ3v) is 2.44. The van der Waals surface area contributed by atoms with E-state index in [0.29, 0.717) is 19.7 Å². The van der Waals surface area contributed by atoms with Crippen molar-refractivity contribution in [1.82, 2.24) is 25.3 Å². The number of nitrogens with one attached hydrogen (secondary N) is 1. The van der Waals surface area contributed by atoms with Crippen molar-refractivity contribution in [3.63, 3.8) is 0 Å². The molecular formula is C12H17N5O. The second-order valence-electron chi connectivity index (χ2n) is 3.94. The van der Waals surface area contributed by atoms with Crippen LogP contribution in [-0.2, 0) is 17.8 Å². The van der Waals surface area contributed by atoms with Crippen LogP contribution in [0.5, 0.6) is 0 Å². The van der Waals surface area contributed by atoms with Crippen LogP contribution in [0, 0.1) is 0 Å². The van der Waals surface area contributed by atoms with Crippen molar-refractivity contribution in [2.45, 2.75) is 13.1 Å². The molecule has 6 nitrogen and oxygen atoms in total. The smallest absolute Gasteiger partial charge is 0.0964 e. The Hall–Kier alpha value is -1.79. The average Bonchev–Trinajstić information content (AvgIpc) is 2.84. The van der Waals surface area contributed by atoms with Crippen LogP contribution in [0.3, 0.4) is 0 Å². The molecule has 2 rings (SSSR count). The summed E-state index contributed by atoms with van der Waals surface area (Å²) < 4.78 is 6.76. The molecule has 0 fully saturated rings. The fraction of sp³-hybridized carbons (Fsp3) is 0.417. The Morgan fingerprint density at radius 3 is 3.17 bits per heavy atom. The number of ether oxygens (including phenoxy) is 1. The third-order valence-electron chi connectivity index (χ3n) is 2.44. The van der Waals surface area contributed by atoms with Crippen molar-refractivity contribution < 1.29 is 4.74 Å². The number of methoxy groups -OCH3 is 1. The highest BCUT2D eigenvalue weighted by Gasteiger charge is 2.01. The van der Waals surface area contributed by atoms with Crippen LogP contribution < -0.4 is 5.32 Å². The van der Waals surface area contributed by atoms with Gasteiger partial charge in [0, 0.05) is 32.6 Å². The molecule has 0 aromatic carbocycles. The van der Waals surface area contributed by atoms with Crippen molar-refractivity contribution in [2.24, 2.45) is 0 Å². The normalized spacial score (nSPS) is 10.7. The minimum Gasteiger partial charge on any atom is -0.383 e. The van der Waals surface area contributed by atoms with E-state index in [9.17, 15) is 0 Å². The fourth-order valence-corrected chi connectivity index (χ4v) is 1.57. The molecule has 2 aromatic heterocycles. The highest BCUT2D eigenvalue weighted by atomic mass is 16.5. The van der Waals surface area contributed by atoms with E-state index in [0.717, 1.165) is 17.8 Å². The van der Waals surface area contributed by atoms with Crippen molar-refractivity contribution in [3.8, 4) is 0 Å². The Morgan fingerprint density at radius 2 is 2.39 bits per heavy atom. The van der Waals surface area contributed by atoms with Gasteiger partial charge in [-0.1, -0.05) is 11.3 Å². The molecule has 18 heavy (non-hydrogen) atoms. The highest BCUT2D eigenvalue weighted by Crippen LogP contribution is 2.00. The highest BCUT2D eigenvalue weighted by molar-refractivity contribution is 5.08. The van der Waals surface area contributed by atoms with E-state index in [1.807, 2.05) is 29.2 Å². The van der Waals surface area contributed by atoms with Crippen LogP contribution in [0.4, 0.5) is 0 Å². The first-order chi connectivity index (χ1) is 8.88. The summed E-state index contributed by atoms with van der Waals surface area (Å²) in [5.74, 6) is 0. The molecule has 0 aliphatic heterocycles. The molecule has 6 heteroatoms. The number of nitrogens with zero attached hydrogens (tertiary/aromatic N) is 4. The predicted octanol–water partition coefficient (Wildman–Crippen LogP) is 0.457. The summed E-state index contributed by atoms with van der Waals surface area (Å²) in [4.78, 5) is 4.07. The minimum atomic E-state index is 0.693. The molecule has 0 saturated heterocycles. The van der Waals surface area contributed by atoms with E-state index in [1.165, 1.54) is 0 Å². The zero-order valence-electron chi connectivity index (χ0n) is 10.4. The summed E-state index contributed by atoms with van der Waals surface area (Å²) in [6.07, 6.45) is 5.53. The molecule has 0 aliphatic rings. The van der Waals surface area contributed by atoms with Gasteiger partial charge in [0.05, 0.1) is 25.0 Å². The molecule has 2 heterocycles. The Morgan fingerprint density at radius 1 is 1.44 bits per heavy atom. The summed E-state index contributed by atoms with van der Waals surface area (Å²) >= 11 is 0. The van der Waals surface area contributed by atoms with E-state index in [4.69, 9.17) is 4.74 Å². The van der Waals surface area contributed by atoms with Gasteiger partial charge in [0.2, 0.25) is 0 Å². The van der Waals surface area contributed by atoms with E-state index < -0.39 is 0 Å². The molecule has 0 radical (unpaired) electrons. The fourth-order valence-electron chi connectivity index (χ4n) is 1.57. The largest absolute Gasteiger partial charge is 0.383 e. The van der Waals surface area contributed by atoms with Crippen molar-refractivity contribution in [2.75, 3.05) is 20.3 Å². The Bertz CT molecular complexity index is 457. The van der Waals surface area contributed by atoms with Gasteiger partial charge in [-0.25, -0.2) is 4.68 Å². The lowest BCUT2D eigenvalue weighted by Gasteiger charge is -2.00. The van der Waals surface area contributed by atoms with Gasteiger partial charge in [0.1, 0.15) is 0 Å². The quantitative estimate of drug-likeness (QED) is 0.720. The summed E-state index contributed by atoms with van der Waals surface area (Å²) in [6, 6.07) is 3.94. The minimum absolute atomic E-state index is 0.693. The lowest BCUT2D eigenvalue weighted by atomic mass is 10.3. The first-order valence-corrected chi connectivity index (χ1v) is 5.86. The van der Waals surface area contributed by atoms with Gasteiger partial charge >= 0.3 is 0 Å². The lowest BCUT2D eigenvalue weighted by molar-refractivity contribution is 0.199. The Kier molecular flexibility index (Phi) is 4.80. The molecule has 0 saturated carbocycles. The van der Waals surface area contributed by atoms with Gasteiger partial charge < -0.3 is 10.1 Å². The summed E-state index contributed by atoms with van der Waals surface area (Å²) in [7, 11) is 1.69. The van der Waals surface area contributed by atoms with Gasteiger partial charge in [-0.2, -0.15) is 0 Å². The van der Waals surface area contributed by atoms with Crippen LogP contribution >= 0.6 is 0 Å². The number of hydrogen-bond acceptors (Lipinski definition) is 5. The van der Waals surface area contributed by atoms with Crippen LogP contribution in [0.2, 0.25) is 0 Å². The van der Waals surface area contributed by atoms with Crippen molar-refractivity contribution in [1.29, 1.82) is 0 Å². The molecule has 96 valence electrons. The summed E-state index contributed by atoms with van der Waals surface area (Å²) in [5, 5.41) is 11.4. The number of hydrogen-bond donors (Lipinski definition) is 1. The van der Waals surface area contributed by atoms with Crippen molar-refractivity contribution in [3.05, 3.63) is 42.0 Å². The van der Waals surface area contributed by atoms with E-state index in [-0.39, 0.29) is 0 Å². The van der Waals surface area contributed by atoms with E-state index in [1.54, 1.807) is 13.3 Å². The maximum absolute atomic E-state index is 4.95. The van der Waals surface area contributed by atoms with Crippen LogP contribution in [0.1, 0.15) is 11.3 Å². The monoisotopic (exact) mass is 247 g/mol. The summed E-state index contributed by atoms with van der Waals surface area (Å²) in [5.41, 5.74) is 2.04. The van der Waals surface area contributed by atoms with Gasteiger partial charge in [-0.3, -0.25) is 4.98 Å². The van der Waals surface area contributed by atoms with Crippen LogP contribution in [0.15, 0.2) is 30.7 Å². The van der Waals surface area contributed by atoms with Gasteiger partial charge in [-0.15, -0.1) is 5.10 Å². The van der Waals surface area contributed by atoms with Crippen LogP contribution in [-0.4, -0.2) is 40.2 Å². The molecule has 1 N–H and O–H groups in total. The number of rotatable bonds is 7. The van der Waals surface area contributed by atoms with Crippen molar-refractivity contribution >= 4 is 0 Å². The number of aromatic nitrogens is 4. The van der Waals surface area contributed by atoms with Crippen LogP contribution in [0.25, 0.3) is 0 Å². The molecule has 0 unspecified atom stereocenters. The molecule has 0 aliphatic carbocycles. The van der Waals surface area contributed by atoms with Gasteiger partial charge in [-0.05, 0) is 11.6 Å². The molecule has 0 atom stereocenters. The van der Waals surface area contributed by atoms with Gasteiger partial charge in [0.25, 0.3) is 0 Å². The maximum Gasteiger partial charge on any atom is 0.0964 e. The topological polar surface area (TPSA) is 64.9 Å². The second-order valence-corrected chi connectivity index (χ2v) is 3.94. The van der Waals surface area contributed by atoms with E-state index >= 15 is 0 Å².